The number of hydrogen-bond donors (Lipinski definition) is 1. The molecule has 4 nitrogen and oxygen atoms in total. The third-order valence-electron chi connectivity index (χ3n) is 3.65. The molecule has 0 saturated heterocycles. The number of carbonyl (C=O) groups excluding carboxylic acids is 1. The average Bonchev–Trinajstić information content (AvgIpc) is 2.45. The Kier molecular flexibility index (Phi) is 6.99. The zero-order chi connectivity index (χ0) is 16.0. The maximum Gasteiger partial charge on any atom is 0.260 e. The molecule has 1 unspecified atom stereocenters. The Morgan fingerprint density at radius 2 is 2.10 bits per heavy atom. The summed E-state index contributed by atoms with van der Waals surface area (Å²) < 4.78 is 5.55. The summed E-state index contributed by atoms with van der Waals surface area (Å²) in [4.78, 5) is 13.7. The highest BCUT2D eigenvalue weighted by molar-refractivity contribution is 6.31. The van der Waals surface area contributed by atoms with E-state index >= 15 is 0 Å². The molecule has 1 aromatic carbocycles. The lowest BCUT2D eigenvalue weighted by Crippen LogP contribution is -2.36. The number of likely N-dealkylation sites (N-methyl/N-ethyl adjacent to an activating group) is 1. The Morgan fingerprint density at radius 3 is 2.71 bits per heavy atom. The van der Waals surface area contributed by atoms with Crippen molar-refractivity contribution in [1.29, 1.82) is 0 Å². The smallest absolute Gasteiger partial charge is 0.260 e. The summed E-state index contributed by atoms with van der Waals surface area (Å²) in [6.07, 6.45) is 0.788. The van der Waals surface area contributed by atoms with Crippen molar-refractivity contribution < 1.29 is 9.53 Å². The first-order valence-corrected chi connectivity index (χ1v) is 7.58. The second kappa shape index (κ2) is 8.25. The van der Waals surface area contributed by atoms with Crippen molar-refractivity contribution in [3.63, 3.8) is 0 Å². The summed E-state index contributed by atoms with van der Waals surface area (Å²) in [7, 11) is 1.77. The van der Waals surface area contributed by atoms with E-state index in [1.165, 1.54) is 0 Å². The van der Waals surface area contributed by atoms with Gasteiger partial charge in [-0.3, -0.25) is 4.79 Å². The quantitative estimate of drug-likeness (QED) is 0.842. The number of rotatable bonds is 7. The minimum atomic E-state index is -0.0645. The molecule has 21 heavy (non-hydrogen) atoms. The van der Waals surface area contributed by atoms with E-state index in [1.54, 1.807) is 24.1 Å². The van der Waals surface area contributed by atoms with Crippen LogP contribution in [0.4, 0.5) is 0 Å². The summed E-state index contributed by atoms with van der Waals surface area (Å²) >= 11 is 6.02. The normalized spacial score (nSPS) is 12.3. The Balaban J connectivity index is 2.44. The van der Waals surface area contributed by atoms with Crippen LogP contribution < -0.4 is 10.5 Å². The second-order valence-electron chi connectivity index (χ2n) is 5.66. The third-order valence-corrected chi connectivity index (χ3v) is 4.06. The van der Waals surface area contributed by atoms with Crippen LogP contribution in [-0.2, 0) is 4.79 Å². The van der Waals surface area contributed by atoms with E-state index in [4.69, 9.17) is 22.1 Å². The highest BCUT2D eigenvalue weighted by Crippen LogP contribution is 2.24. The number of benzene rings is 1. The van der Waals surface area contributed by atoms with Crippen LogP contribution >= 0.6 is 11.6 Å². The van der Waals surface area contributed by atoms with Gasteiger partial charge in [-0.2, -0.15) is 0 Å². The number of amides is 1. The number of carbonyl (C=O) groups is 1. The van der Waals surface area contributed by atoms with Gasteiger partial charge < -0.3 is 15.4 Å². The van der Waals surface area contributed by atoms with E-state index in [-0.39, 0.29) is 18.6 Å². The fourth-order valence-electron chi connectivity index (χ4n) is 1.79. The Bertz CT molecular complexity index is 477. The molecule has 2 N–H and O–H groups in total. The summed E-state index contributed by atoms with van der Waals surface area (Å²) in [6.45, 7) is 6.67. The van der Waals surface area contributed by atoms with Crippen LogP contribution in [0, 0.1) is 12.8 Å². The molecule has 0 aromatic heterocycles. The van der Waals surface area contributed by atoms with Crippen LogP contribution in [0.15, 0.2) is 18.2 Å². The fourth-order valence-corrected chi connectivity index (χ4v) is 1.96. The molecule has 0 aliphatic heterocycles. The van der Waals surface area contributed by atoms with Crippen LogP contribution in [0.25, 0.3) is 0 Å². The molecule has 0 aliphatic carbocycles. The van der Waals surface area contributed by atoms with Gasteiger partial charge in [0.15, 0.2) is 6.61 Å². The van der Waals surface area contributed by atoms with Gasteiger partial charge in [0.2, 0.25) is 0 Å². The summed E-state index contributed by atoms with van der Waals surface area (Å²) in [6, 6.07) is 5.52. The Hall–Kier alpha value is -1.26. The molecule has 0 aliphatic rings. The van der Waals surface area contributed by atoms with Crippen LogP contribution in [0.2, 0.25) is 5.02 Å². The maximum atomic E-state index is 12.0. The molecule has 0 saturated carbocycles. The molecular weight excluding hydrogens is 288 g/mol. The molecule has 1 rings (SSSR count). The van der Waals surface area contributed by atoms with E-state index in [1.807, 2.05) is 13.0 Å². The first-order chi connectivity index (χ1) is 9.82. The molecule has 1 aromatic rings. The molecule has 5 heteroatoms. The molecule has 0 radical (unpaired) electrons. The van der Waals surface area contributed by atoms with E-state index in [0.29, 0.717) is 23.2 Å². The third kappa shape index (κ3) is 5.56. The lowest BCUT2D eigenvalue weighted by molar-refractivity contribution is -0.132. The molecule has 1 amide bonds. The Labute approximate surface area is 132 Å². The van der Waals surface area contributed by atoms with Crippen LogP contribution in [0.5, 0.6) is 5.75 Å². The van der Waals surface area contributed by atoms with E-state index in [0.717, 1.165) is 12.0 Å². The summed E-state index contributed by atoms with van der Waals surface area (Å²) in [5.41, 5.74) is 6.83. The summed E-state index contributed by atoms with van der Waals surface area (Å²) in [5, 5.41) is 0.635. The predicted octanol–water partition coefficient (Wildman–Crippen LogP) is 2.86. The average molecular weight is 313 g/mol. The summed E-state index contributed by atoms with van der Waals surface area (Å²) in [5.74, 6) is 0.993. The maximum absolute atomic E-state index is 12.0. The van der Waals surface area contributed by atoms with Crippen LogP contribution in [0.1, 0.15) is 25.8 Å². The highest BCUT2D eigenvalue weighted by Gasteiger charge is 2.14. The second-order valence-corrected chi connectivity index (χ2v) is 6.07. The van der Waals surface area contributed by atoms with Gasteiger partial charge in [-0.15, -0.1) is 0 Å². The predicted molar refractivity (Wildman–Crippen MR) is 86.8 cm³/mol. The van der Waals surface area contributed by atoms with Gasteiger partial charge in [0.05, 0.1) is 0 Å². The SMILES string of the molecule is Cc1c(Cl)cccc1OCC(=O)N(C)CCC(N)C(C)C. The minimum Gasteiger partial charge on any atom is -0.483 e. The number of nitrogens with two attached hydrogens (primary N) is 1. The first-order valence-electron chi connectivity index (χ1n) is 7.20. The van der Waals surface area contributed by atoms with Crippen molar-refractivity contribution in [2.24, 2.45) is 11.7 Å². The van der Waals surface area contributed by atoms with Crippen molar-refractivity contribution in [3.05, 3.63) is 28.8 Å². The van der Waals surface area contributed by atoms with Gasteiger partial charge in [-0.25, -0.2) is 0 Å². The largest absolute Gasteiger partial charge is 0.483 e. The van der Waals surface area contributed by atoms with Crippen molar-refractivity contribution >= 4 is 17.5 Å². The molecule has 1 atom stereocenters. The minimum absolute atomic E-state index is 0.00853. The lowest BCUT2D eigenvalue weighted by Gasteiger charge is -2.21. The molecule has 118 valence electrons. The van der Waals surface area contributed by atoms with Crippen LogP contribution in [0.3, 0.4) is 0 Å². The van der Waals surface area contributed by atoms with Gasteiger partial charge >= 0.3 is 0 Å². The van der Waals surface area contributed by atoms with E-state index in [9.17, 15) is 4.79 Å². The van der Waals surface area contributed by atoms with Crippen LogP contribution in [-0.4, -0.2) is 37.0 Å². The van der Waals surface area contributed by atoms with E-state index in [2.05, 4.69) is 13.8 Å². The van der Waals surface area contributed by atoms with Crippen molar-refractivity contribution in [1.82, 2.24) is 4.90 Å². The molecular formula is C16H25ClN2O2. The molecule has 0 heterocycles. The van der Waals surface area contributed by atoms with Gasteiger partial charge in [-0.05, 0) is 31.4 Å². The van der Waals surface area contributed by atoms with Crippen molar-refractivity contribution in [2.45, 2.75) is 33.2 Å². The van der Waals surface area contributed by atoms with Gasteiger partial charge in [0.25, 0.3) is 5.91 Å². The molecule has 0 spiro atoms. The van der Waals surface area contributed by atoms with Crippen molar-refractivity contribution in [2.75, 3.05) is 20.2 Å². The topological polar surface area (TPSA) is 55.6 Å². The fraction of sp³-hybridized carbons (Fsp3) is 0.562. The standard InChI is InChI=1S/C16H25ClN2O2/c1-11(2)14(18)8-9-19(4)16(20)10-21-15-7-5-6-13(17)12(15)3/h5-7,11,14H,8-10,18H2,1-4H3. The number of nitrogens with zero attached hydrogens (tertiary/aromatic N) is 1. The number of hydrogen-bond acceptors (Lipinski definition) is 3. The zero-order valence-corrected chi connectivity index (χ0v) is 14.0. The van der Waals surface area contributed by atoms with Gasteiger partial charge in [0.1, 0.15) is 5.75 Å². The van der Waals surface area contributed by atoms with Gasteiger partial charge in [0, 0.05) is 30.2 Å². The van der Waals surface area contributed by atoms with Gasteiger partial charge in [-0.1, -0.05) is 31.5 Å². The van der Waals surface area contributed by atoms with Crippen molar-refractivity contribution in [3.8, 4) is 5.75 Å². The number of halogens is 1. The monoisotopic (exact) mass is 312 g/mol. The Morgan fingerprint density at radius 1 is 1.43 bits per heavy atom. The van der Waals surface area contributed by atoms with E-state index < -0.39 is 0 Å². The molecule has 0 fully saturated rings. The zero-order valence-electron chi connectivity index (χ0n) is 13.2. The lowest BCUT2D eigenvalue weighted by atomic mass is 10.0. The molecule has 0 bridgehead atoms. The highest BCUT2D eigenvalue weighted by atomic mass is 35.5. The first kappa shape index (κ1) is 17.8. The number of ether oxygens (including phenoxy) is 1.